The first kappa shape index (κ1) is 26.6. The number of aliphatic hydroxyl groups excluding tert-OH is 2. The molecule has 1 aliphatic rings. The molecule has 1 amide bonds. The zero-order chi connectivity index (χ0) is 26.2. The van der Waals surface area contributed by atoms with Crippen molar-refractivity contribution in [2.75, 3.05) is 33.4 Å². The molecule has 4 rings (SSSR count). The van der Waals surface area contributed by atoms with Crippen LogP contribution in [0.25, 0.3) is 0 Å². The number of carbonyl (C=O) groups excluding carboxylic acids is 1. The van der Waals surface area contributed by atoms with Crippen molar-refractivity contribution in [3.63, 3.8) is 0 Å². The number of aryl methyl sites for hydroxylation is 1. The maximum absolute atomic E-state index is 12.9. The topological polar surface area (TPSA) is 101 Å². The molecule has 0 spiro atoms. The molecule has 1 fully saturated rings. The summed E-state index contributed by atoms with van der Waals surface area (Å²) in [7, 11) is 1.63. The lowest BCUT2D eigenvalue weighted by molar-refractivity contribution is -0.0000165. The quantitative estimate of drug-likeness (QED) is 0.389. The van der Waals surface area contributed by atoms with Gasteiger partial charge in [-0.3, -0.25) is 9.78 Å². The first-order valence-corrected chi connectivity index (χ1v) is 12.5. The second-order valence-corrected chi connectivity index (χ2v) is 9.18. The minimum absolute atomic E-state index is 0.0231. The van der Waals surface area contributed by atoms with Gasteiger partial charge in [-0.15, -0.1) is 0 Å². The molecule has 0 saturated carbocycles. The van der Waals surface area contributed by atoms with Gasteiger partial charge in [-0.05, 0) is 52.9 Å². The normalized spacial score (nSPS) is 14.2. The molecule has 1 aromatic heterocycles. The van der Waals surface area contributed by atoms with Crippen LogP contribution in [0.15, 0.2) is 60.8 Å². The van der Waals surface area contributed by atoms with Crippen LogP contribution in [0.4, 0.5) is 0 Å². The SMILES string of the molecule is CCc1ccc(COc2ccc(C3CN(C(=O)c4cc(COC[C@@H](O)CO)ccn4)C3)cc2OC)cc1. The molecule has 0 bridgehead atoms. The van der Waals surface area contributed by atoms with Crippen molar-refractivity contribution < 1.29 is 29.2 Å². The summed E-state index contributed by atoms with van der Waals surface area (Å²) in [4.78, 5) is 18.9. The van der Waals surface area contributed by atoms with Crippen LogP contribution in [0.5, 0.6) is 11.5 Å². The van der Waals surface area contributed by atoms with Gasteiger partial charge in [-0.25, -0.2) is 0 Å². The predicted octanol–water partition coefficient (Wildman–Crippen LogP) is 3.34. The summed E-state index contributed by atoms with van der Waals surface area (Å²) in [6.07, 6.45) is 1.67. The number of pyridine rings is 1. The predicted molar refractivity (Wildman–Crippen MR) is 139 cm³/mol. The fourth-order valence-corrected chi connectivity index (χ4v) is 4.15. The summed E-state index contributed by atoms with van der Waals surface area (Å²) < 4.78 is 17.0. The molecule has 0 unspecified atom stereocenters. The van der Waals surface area contributed by atoms with E-state index < -0.39 is 6.10 Å². The molecule has 1 saturated heterocycles. The zero-order valence-electron chi connectivity index (χ0n) is 21.3. The highest BCUT2D eigenvalue weighted by Crippen LogP contribution is 2.35. The van der Waals surface area contributed by atoms with Crippen molar-refractivity contribution in [2.24, 2.45) is 0 Å². The molecule has 8 nitrogen and oxygen atoms in total. The molecule has 1 aliphatic heterocycles. The largest absolute Gasteiger partial charge is 0.493 e. The number of carbonyl (C=O) groups is 1. The van der Waals surface area contributed by atoms with Gasteiger partial charge in [0, 0.05) is 25.2 Å². The fourth-order valence-electron chi connectivity index (χ4n) is 4.15. The third-order valence-electron chi connectivity index (χ3n) is 6.49. The van der Waals surface area contributed by atoms with E-state index in [1.807, 2.05) is 18.2 Å². The van der Waals surface area contributed by atoms with Crippen molar-refractivity contribution >= 4 is 5.91 Å². The molecule has 3 aromatic rings. The zero-order valence-corrected chi connectivity index (χ0v) is 21.3. The van der Waals surface area contributed by atoms with E-state index in [-0.39, 0.29) is 31.6 Å². The van der Waals surface area contributed by atoms with Crippen LogP contribution < -0.4 is 9.47 Å². The van der Waals surface area contributed by atoms with E-state index >= 15 is 0 Å². The van der Waals surface area contributed by atoms with Crippen LogP contribution >= 0.6 is 0 Å². The van der Waals surface area contributed by atoms with Gasteiger partial charge in [0.1, 0.15) is 18.4 Å². The maximum Gasteiger partial charge on any atom is 0.272 e. The van der Waals surface area contributed by atoms with Crippen LogP contribution in [0, 0.1) is 0 Å². The van der Waals surface area contributed by atoms with Gasteiger partial charge < -0.3 is 29.3 Å². The van der Waals surface area contributed by atoms with Gasteiger partial charge in [0.15, 0.2) is 11.5 Å². The van der Waals surface area contributed by atoms with E-state index in [2.05, 4.69) is 36.2 Å². The van der Waals surface area contributed by atoms with E-state index in [4.69, 9.17) is 19.3 Å². The van der Waals surface area contributed by atoms with Crippen LogP contribution in [0.1, 0.15) is 45.6 Å². The van der Waals surface area contributed by atoms with Crippen molar-refractivity contribution in [3.05, 3.63) is 88.7 Å². The Bertz CT molecular complexity index is 1180. The van der Waals surface area contributed by atoms with Gasteiger partial charge in [-0.1, -0.05) is 37.3 Å². The van der Waals surface area contributed by atoms with Gasteiger partial charge in [0.25, 0.3) is 5.91 Å². The molecule has 37 heavy (non-hydrogen) atoms. The van der Waals surface area contributed by atoms with Gasteiger partial charge in [0.05, 0.1) is 26.9 Å². The molecule has 2 heterocycles. The van der Waals surface area contributed by atoms with Crippen LogP contribution in [0.2, 0.25) is 0 Å². The number of aromatic nitrogens is 1. The highest BCUT2D eigenvalue weighted by atomic mass is 16.5. The number of hydrogen-bond donors (Lipinski definition) is 2. The smallest absolute Gasteiger partial charge is 0.272 e. The third kappa shape index (κ3) is 6.85. The Labute approximate surface area is 217 Å². The number of amides is 1. The molecule has 0 aliphatic carbocycles. The van der Waals surface area contributed by atoms with Crippen LogP contribution in [-0.4, -0.2) is 65.5 Å². The summed E-state index contributed by atoms with van der Waals surface area (Å²) in [5.74, 6) is 1.44. The number of nitrogens with zero attached hydrogens (tertiary/aromatic N) is 2. The average Bonchev–Trinajstić information content (AvgIpc) is 2.91. The van der Waals surface area contributed by atoms with Crippen molar-refractivity contribution in [2.45, 2.75) is 38.6 Å². The second kappa shape index (κ2) is 12.7. The Morgan fingerprint density at radius 2 is 1.78 bits per heavy atom. The number of ether oxygens (including phenoxy) is 3. The van der Waals surface area contributed by atoms with Gasteiger partial charge >= 0.3 is 0 Å². The Balaban J connectivity index is 1.31. The average molecular weight is 507 g/mol. The summed E-state index contributed by atoms with van der Waals surface area (Å²) >= 11 is 0. The number of methoxy groups -OCH3 is 1. The standard InChI is InChI=1S/C29H34N2O6/c1-3-20-4-6-21(7-5-20)18-37-27-9-8-23(13-28(27)35-2)24-14-31(15-24)29(34)26-12-22(10-11-30-26)17-36-19-25(33)16-32/h4-13,24-25,32-33H,3,14-19H2,1-2H3/t25-/m0/s1. The van der Waals surface area contributed by atoms with E-state index in [0.29, 0.717) is 36.9 Å². The molecule has 196 valence electrons. The minimum Gasteiger partial charge on any atom is -0.493 e. The summed E-state index contributed by atoms with van der Waals surface area (Å²) in [6.45, 7) is 3.68. The van der Waals surface area contributed by atoms with E-state index in [1.165, 1.54) is 5.56 Å². The molecule has 8 heteroatoms. The van der Waals surface area contributed by atoms with Gasteiger partial charge in [-0.2, -0.15) is 0 Å². The van der Waals surface area contributed by atoms with Crippen molar-refractivity contribution in [1.29, 1.82) is 0 Å². The number of aliphatic hydroxyl groups is 2. The first-order valence-electron chi connectivity index (χ1n) is 12.5. The number of benzene rings is 2. The molecule has 2 aromatic carbocycles. The number of hydrogen-bond acceptors (Lipinski definition) is 7. The molecule has 2 N–H and O–H groups in total. The Kier molecular flexibility index (Phi) is 9.11. The summed E-state index contributed by atoms with van der Waals surface area (Å²) in [5.41, 5.74) is 4.63. The molecular weight excluding hydrogens is 472 g/mol. The van der Waals surface area contributed by atoms with E-state index in [1.54, 1.807) is 30.3 Å². The first-order chi connectivity index (χ1) is 18.0. The third-order valence-corrected chi connectivity index (χ3v) is 6.49. The van der Waals surface area contributed by atoms with E-state index in [9.17, 15) is 9.90 Å². The Morgan fingerprint density at radius 3 is 2.49 bits per heavy atom. The van der Waals surface area contributed by atoms with Crippen molar-refractivity contribution in [1.82, 2.24) is 9.88 Å². The molecule has 1 atom stereocenters. The monoisotopic (exact) mass is 506 g/mol. The second-order valence-electron chi connectivity index (χ2n) is 9.18. The van der Waals surface area contributed by atoms with Gasteiger partial charge in [0.2, 0.25) is 0 Å². The lowest BCUT2D eigenvalue weighted by Crippen LogP contribution is -2.48. The number of rotatable bonds is 12. The Morgan fingerprint density at radius 1 is 1.03 bits per heavy atom. The highest BCUT2D eigenvalue weighted by molar-refractivity contribution is 5.93. The Hall–Kier alpha value is -3.46. The van der Waals surface area contributed by atoms with E-state index in [0.717, 1.165) is 23.1 Å². The fraction of sp³-hybridized carbons (Fsp3) is 0.379. The molecular formula is C29H34N2O6. The summed E-state index contributed by atoms with van der Waals surface area (Å²) in [5, 5.41) is 18.3. The number of likely N-dealkylation sites (tertiary alicyclic amines) is 1. The summed E-state index contributed by atoms with van der Waals surface area (Å²) in [6, 6.07) is 17.8. The lowest BCUT2D eigenvalue weighted by Gasteiger charge is -2.39. The van der Waals surface area contributed by atoms with Crippen LogP contribution in [-0.2, 0) is 24.4 Å². The molecule has 0 radical (unpaired) electrons. The maximum atomic E-state index is 12.9. The van der Waals surface area contributed by atoms with Crippen LogP contribution in [0.3, 0.4) is 0 Å². The lowest BCUT2D eigenvalue weighted by atomic mass is 9.91. The highest BCUT2D eigenvalue weighted by Gasteiger charge is 2.33. The minimum atomic E-state index is -0.918. The van der Waals surface area contributed by atoms with Crippen molar-refractivity contribution in [3.8, 4) is 11.5 Å².